The number of aromatic nitrogens is 4. The summed E-state index contributed by atoms with van der Waals surface area (Å²) in [6, 6.07) is 0. The Bertz CT molecular complexity index is 761. The van der Waals surface area contributed by atoms with Gasteiger partial charge in [0, 0.05) is 43.5 Å². The minimum absolute atomic E-state index is 0.0398. The van der Waals surface area contributed by atoms with Crippen LogP contribution in [0.15, 0.2) is 24.8 Å². The molecule has 28 heavy (non-hydrogen) atoms. The molecule has 0 bridgehead atoms. The number of nitrogens with zero attached hydrogens (tertiary/aromatic N) is 5. The van der Waals surface area contributed by atoms with Crippen molar-refractivity contribution in [2.75, 3.05) is 19.6 Å². The fourth-order valence-electron chi connectivity index (χ4n) is 3.60. The van der Waals surface area contributed by atoms with Crippen LogP contribution in [0.3, 0.4) is 0 Å². The molecule has 0 saturated carbocycles. The number of hydrogen-bond acceptors (Lipinski definition) is 5. The molecule has 0 unspecified atom stereocenters. The minimum Gasteiger partial charge on any atom is -0.483 e. The molecule has 1 amide bonds. The van der Waals surface area contributed by atoms with Gasteiger partial charge in [-0.25, -0.2) is 4.98 Å². The summed E-state index contributed by atoms with van der Waals surface area (Å²) in [7, 11) is 0. The van der Waals surface area contributed by atoms with Crippen molar-refractivity contribution in [2.45, 2.75) is 51.5 Å². The van der Waals surface area contributed by atoms with E-state index in [4.69, 9.17) is 15.6 Å². The van der Waals surface area contributed by atoms with E-state index in [2.05, 4.69) is 33.4 Å². The second-order valence-electron chi connectivity index (χ2n) is 7.62. The van der Waals surface area contributed by atoms with E-state index in [9.17, 15) is 4.79 Å². The first kappa shape index (κ1) is 21.6. The molecule has 0 aromatic carbocycles. The molecule has 0 aliphatic carbocycles. The van der Waals surface area contributed by atoms with Crippen LogP contribution >= 0.6 is 0 Å². The van der Waals surface area contributed by atoms with Crippen LogP contribution in [0, 0.1) is 0 Å². The Labute approximate surface area is 165 Å². The van der Waals surface area contributed by atoms with Gasteiger partial charge in [0.25, 0.3) is 6.47 Å². The van der Waals surface area contributed by atoms with Gasteiger partial charge in [0.2, 0.25) is 5.91 Å². The van der Waals surface area contributed by atoms with Gasteiger partial charge in [-0.15, -0.1) is 0 Å². The van der Waals surface area contributed by atoms with Gasteiger partial charge >= 0.3 is 0 Å². The third kappa shape index (κ3) is 5.91. The number of aryl methyl sites for hydroxylation is 1. The predicted octanol–water partition coefficient (Wildman–Crippen LogP) is 1.41. The molecule has 9 heteroatoms. The fourth-order valence-corrected chi connectivity index (χ4v) is 3.60. The van der Waals surface area contributed by atoms with Crippen molar-refractivity contribution in [3.63, 3.8) is 0 Å². The zero-order valence-corrected chi connectivity index (χ0v) is 16.6. The molecule has 1 aliphatic heterocycles. The highest BCUT2D eigenvalue weighted by molar-refractivity contribution is 5.73. The van der Waals surface area contributed by atoms with Crippen molar-refractivity contribution >= 4 is 12.4 Å². The number of nitrogens with two attached hydrogens (primary N) is 1. The van der Waals surface area contributed by atoms with Gasteiger partial charge in [-0.3, -0.25) is 14.3 Å². The molecule has 2 aromatic heterocycles. The van der Waals surface area contributed by atoms with E-state index in [0.29, 0.717) is 19.4 Å². The molecule has 1 saturated heterocycles. The third-order valence-electron chi connectivity index (χ3n) is 4.77. The largest absolute Gasteiger partial charge is 0.483 e. The lowest BCUT2D eigenvalue weighted by Crippen LogP contribution is -2.37. The molecule has 0 spiro atoms. The maximum Gasteiger partial charge on any atom is 0.290 e. The highest BCUT2D eigenvalue weighted by Gasteiger charge is 2.30. The van der Waals surface area contributed by atoms with Crippen LogP contribution in [0.1, 0.15) is 45.4 Å². The fraction of sp³-hybridized carbons (Fsp3) is 0.579. The molecule has 0 atom stereocenters. The lowest BCUT2D eigenvalue weighted by Gasteiger charge is -2.29. The van der Waals surface area contributed by atoms with Crippen LogP contribution in [0.25, 0.3) is 5.69 Å². The van der Waals surface area contributed by atoms with E-state index in [1.807, 2.05) is 29.5 Å². The third-order valence-corrected chi connectivity index (χ3v) is 4.77. The van der Waals surface area contributed by atoms with Crippen LogP contribution in [0.2, 0.25) is 0 Å². The summed E-state index contributed by atoms with van der Waals surface area (Å²) in [5.41, 5.74) is 6.15. The van der Waals surface area contributed by atoms with Crippen molar-refractivity contribution in [1.82, 2.24) is 24.2 Å². The van der Waals surface area contributed by atoms with Gasteiger partial charge < -0.3 is 20.3 Å². The number of hydrogen-bond donors (Lipinski definition) is 2. The number of carbonyl (C=O) groups is 2. The molecule has 3 heterocycles. The van der Waals surface area contributed by atoms with Gasteiger partial charge in [0.05, 0.1) is 11.9 Å². The Morgan fingerprint density at radius 3 is 2.68 bits per heavy atom. The molecular formula is C19H30N6O3. The van der Waals surface area contributed by atoms with Gasteiger partial charge in [0.15, 0.2) is 0 Å². The van der Waals surface area contributed by atoms with E-state index < -0.39 is 0 Å². The summed E-state index contributed by atoms with van der Waals surface area (Å²) in [4.78, 5) is 26.4. The number of primary amides is 1. The number of amides is 1. The smallest absolute Gasteiger partial charge is 0.290 e. The van der Waals surface area contributed by atoms with Crippen LogP contribution in [0.5, 0.6) is 0 Å². The maximum absolute atomic E-state index is 10.9. The normalized spacial score (nSPS) is 14.5. The highest BCUT2D eigenvalue weighted by Crippen LogP contribution is 2.26. The Morgan fingerprint density at radius 1 is 1.36 bits per heavy atom. The lowest BCUT2D eigenvalue weighted by atomic mass is 9.91. The summed E-state index contributed by atoms with van der Waals surface area (Å²) in [5.74, 6) is 0.782. The summed E-state index contributed by atoms with van der Waals surface area (Å²) in [6.07, 6.45) is 11.4. The summed E-state index contributed by atoms with van der Waals surface area (Å²) < 4.78 is 3.98. The van der Waals surface area contributed by atoms with Gasteiger partial charge in [0.1, 0.15) is 5.82 Å². The molecule has 154 valence electrons. The van der Waals surface area contributed by atoms with Crippen molar-refractivity contribution in [1.29, 1.82) is 0 Å². The van der Waals surface area contributed by atoms with E-state index >= 15 is 0 Å². The van der Waals surface area contributed by atoms with E-state index in [-0.39, 0.29) is 17.8 Å². The Balaban J connectivity index is 0.000000878. The summed E-state index contributed by atoms with van der Waals surface area (Å²) in [6.45, 7) is 8.31. The van der Waals surface area contributed by atoms with Gasteiger partial charge in [-0.1, -0.05) is 13.8 Å². The summed E-state index contributed by atoms with van der Waals surface area (Å²) in [5, 5.41) is 11.3. The molecule has 2 aromatic rings. The zero-order valence-electron chi connectivity index (χ0n) is 16.6. The molecule has 1 fully saturated rings. The highest BCUT2D eigenvalue weighted by atomic mass is 16.3. The molecule has 3 rings (SSSR count). The van der Waals surface area contributed by atoms with Crippen LogP contribution in [0.4, 0.5) is 0 Å². The number of likely N-dealkylation sites (tertiary alicyclic amines) is 1. The monoisotopic (exact) mass is 390 g/mol. The predicted molar refractivity (Wildman–Crippen MR) is 105 cm³/mol. The topological polar surface area (TPSA) is 119 Å². The number of carboxylic acid groups (broad SMARTS) is 1. The van der Waals surface area contributed by atoms with Crippen LogP contribution in [-0.4, -0.2) is 61.4 Å². The number of carbonyl (C=O) groups excluding carboxylic acids is 1. The molecule has 1 aliphatic rings. The Kier molecular flexibility index (Phi) is 7.74. The molecular weight excluding hydrogens is 360 g/mol. The maximum atomic E-state index is 10.9. The number of imidazole rings is 1. The van der Waals surface area contributed by atoms with E-state index in [0.717, 1.165) is 18.1 Å². The van der Waals surface area contributed by atoms with Gasteiger partial charge in [-0.05, 0) is 32.4 Å². The Hall–Kier alpha value is -2.68. The average Bonchev–Trinajstić information content (AvgIpc) is 3.36. The SMILES string of the molecule is CC(C)(CN1CCCC1)c1nccn1-c1cnn(CCCC(N)=O)c1.O=CO. The molecule has 0 radical (unpaired) electrons. The van der Waals surface area contributed by atoms with Crippen molar-refractivity contribution in [3.8, 4) is 5.69 Å². The lowest BCUT2D eigenvalue weighted by molar-refractivity contribution is -0.123. The standard InChI is InChI=1S/C18H28N6O.CH2O2/c1-18(2,14-22-8-3-4-9-22)17-20-7-11-24(17)15-12-21-23(13-15)10-5-6-16(19)25;2-1-3/h7,11-13H,3-6,8-10,14H2,1-2H3,(H2,19,25);1H,(H,2,3). The first-order valence-electron chi connectivity index (χ1n) is 9.52. The van der Waals surface area contributed by atoms with E-state index in [1.54, 1.807) is 0 Å². The Morgan fingerprint density at radius 2 is 2.04 bits per heavy atom. The average molecular weight is 390 g/mol. The van der Waals surface area contributed by atoms with E-state index in [1.165, 1.54) is 25.9 Å². The zero-order chi connectivity index (χ0) is 20.6. The first-order valence-corrected chi connectivity index (χ1v) is 9.52. The second kappa shape index (κ2) is 10.0. The second-order valence-corrected chi connectivity index (χ2v) is 7.62. The van der Waals surface area contributed by atoms with Crippen molar-refractivity contribution < 1.29 is 14.7 Å². The molecule has 3 N–H and O–H groups in total. The number of rotatable bonds is 8. The van der Waals surface area contributed by atoms with Crippen LogP contribution in [-0.2, 0) is 21.5 Å². The molecule has 9 nitrogen and oxygen atoms in total. The van der Waals surface area contributed by atoms with Gasteiger partial charge in [-0.2, -0.15) is 5.10 Å². The van der Waals surface area contributed by atoms with Crippen molar-refractivity contribution in [2.24, 2.45) is 5.73 Å². The minimum atomic E-state index is -0.270. The summed E-state index contributed by atoms with van der Waals surface area (Å²) >= 11 is 0. The quantitative estimate of drug-likeness (QED) is 0.658. The van der Waals surface area contributed by atoms with Crippen LogP contribution < -0.4 is 5.73 Å². The first-order chi connectivity index (χ1) is 13.4. The van der Waals surface area contributed by atoms with Crippen molar-refractivity contribution in [3.05, 3.63) is 30.6 Å².